The summed E-state index contributed by atoms with van der Waals surface area (Å²) in [6, 6.07) is 0. The van der Waals surface area contributed by atoms with E-state index in [4.69, 9.17) is 9.47 Å². The molecule has 1 fully saturated rings. The summed E-state index contributed by atoms with van der Waals surface area (Å²) >= 11 is 0. The van der Waals surface area contributed by atoms with E-state index < -0.39 is 0 Å². The number of hydrogen-bond donors (Lipinski definition) is 0. The van der Waals surface area contributed by atoms with E-state index in [-0.39, 0.29) is 11.9 Å². The molecule has 1 aliphatic heterocycles. The molecule has 56 heavy (non-hydrogen) atoms. The zero-order valence-corrected chi connectivity index (χ0v) is 38.5. The van der Waals surface area contributed by atoms with Crippen molar-refractivity contribution in [3.8, 4) is 0 Å². The second-order valence-corrected chi connectivity index (χ2v) is 18.3. The Balaban J connectivity index is 2.16. The summed E-state index contributed by atoms with van der Waals surface area (Å²) in [7, 11) is 0. The quantitative estimate of drug-likeness (QED) is 0.0455. The lowest BCUT2D eigenvalue weighted by Crippen LogP contribution is -2.34. The maximum atomic E-state index is 12.4. The first-order valence-electron chi connectivity index (χ1n) is 25.6. The van der Waals surface area contributed by atoms with Crippen molar-refractivity contribution >= 4 is 11.9 Å². The Morgan fingerprint density at radius 2 is 0.714 bits per heavy atom. The van der Waals surface area contributed by atoms with Crippen molar-refractivity contribution in [2.24, 2.45) is 17.8 Å². The van der Waals surface area contributed by atoms with Crippen molar-refractivity contribution in [2.45, 2.75) is 265 Å². The molecule has 0 spiro atoms. The first kappa shape index (κ1) is 52.9. The summed E-state index contributed by atoms with van der Waals surface area (Å²) in [6.07, 6.45) is 45.9. The highest BCUT2D eigenvalue weighted by molar-refractivity contribution is 5.69. The van der Waals surface area contributed by atoms with Gasteiger partial charge in [-0.3, -0.25) is 9.59 Å². The van der Waals surface area contributed by atoms with Crippen LogP contribution in [0.3, 0.4) is 0 Å². The number of hydrogen-bond acceptors (Lipinski definition) is 5. The lowest BCUT2D eigenvalue weighted by Gasteiger charge is -2.30. The number of unbranched alkanes of at least 4 members (excludes halogenated alkanes) is 18. The minimum atomic E-state index is 0.0235. The molecule has 0 N–H and O–H groups in total. The van der Waals surface area contributed by atoms with Crippen LogP contribution in [0.2, 0.25) is 0 Å². The molecule has 5 nitrogen and oxygen atoms in total. The van der Waals surface area contributed by atoms with Crippen LogP contribution in [0.5, 0.6) is 0 Å². The van der Waals surface area contributed by atoms with Crippen molar-refractivity contribution in [2.75, 3.05) is 32.8 Å². The van der Waals surface area contributed by atoms with Gasteiger partial charge in [-0.2, -0.15) is 0 Å². The minimum absolute atomic E-state index is 0.0235. The van der Waals surface area contributed by atoms with Gasteiger partial charge in [-0.15, -0.1) is 0 Å². The van der Waals surface area contributed by atoms with E-state index in [0.29, 0.717) is 26.1 Å². The summed E-state index contributed by atoms with van der Waals surface area (Å²) in [4.78, 5) is 27.5. The first-order valence-corrected chi connectivity index (χ1v) is 25.6. The largest absolute Gasteiger partial charge is 0.466 e. The van der Waals surface area contributed by atoms with E-state index in [0.717, 1.165) is 56.3 Å². The molecule has 1 saturated heterocycles. The summed E-state index contributed by atoms with van der Waals surface area (Å²) in [5, 5.41) is 0. The third-order valence-corrected chi connectivity index (χ3v) is 12.9. The van der Waals surface area contributed by atoms with Gasteiger partial charge in [0.1, 0.15) is 0 Å². The van der Waals surface area contributed by atoms with Gasteiger partial charge in [0.15, 0.2) is 0 Å². The van der Waals surface area contributed by atoms with E-state index in [1.807, 2.05) is 0 Å². The third kappa shape index (κ3) is 33.8. The molecule has 0 saturated carbocycles. The molecule has 1 aliphatic rings. The number of likely N-dealkylation sites (tertiary alicyclic amines) is 1. The Labute approximate surface area is 350 Å². The maximum Gasteiger partial charge on any atom is 0.305 e. The van der Waals surface area contributed by atoms with E-state index in [9.17, 15) is 9.59 Å². The van der Waals surface area contributed by atoms with Crippen LogP contribution in [0.15, 0.2) is 0 Å². The molecule has 1 rings (SSSR count). The topological polar surface area (TPSA) is 55.8 Å². The standard InChI is InChI=1S/C51H99NO4/c1-5-9-22-32-47(33-23-10-6-2)40-44-55-50(53)38-28-19-15-13-14-17-26-36-49(46-52-42-30-21-31-43-52)37-27-18-16-20-29-39-51(54)56-45-41-48(34-24-11-7-3)35-25-12-8-4/h47-49H,5-46H2,1-4H3. The zero-order valence-electron chi connectivity index (χ0n) is 38.5. The van der Waals surface area contributed by atoms with Crippen molar-refractivity contribution in [3.05, 3.63) is 0 Å². The predicted molar refractivity (Wildman–Crippen MR) is 242 cm³/mol. The van der Waals surface area contributed by atoms with Crippen LogP contribution in [-0.4, -0.2) is 49.7 Å². The fraction of sp³-hybridized carbons (Fsp3) is 0.961. The molecule has 1 atom stereocenters. The number of carbonyl (C=O) groups excluding carboxylic acids is 2. The molecule has 0 aromatic carbocycles. The normalized spacial score (nSPS) is 14.2. The van der Waals surface area contributed by atoms with Gasteiger partial charge in [-0.25, -0.2) is 0 Å². The second-order valence-electron chi connectivity index (χ2n) is 18.3. The van der Waals surface area contributed by atoms with Gasteiger partial charge >= 0.3 is 11.9 Å². The van der Waals surface area contributed by atoms with Gasteiger partial charge in [0.05, 0.1) is 13.2 Å². The minimum Gasteiger partial charge on any atom is -0.466 e. The average molecular weight is 790 g/mol. The van der Waals surface area contributed by atoms with E-state index >= 15 is 0 Å². The molecular formula is C51H99NO4. The Hall–Kier alpha value is -1.10. The highest BCUT2D eigenvalue weighted by Crippen LogP contribution is 2.24. The summed E-state index contributed by atoms with van der Waals surface area (Å²) < 4.78 is 11.3. The number of piperidine rings is 1. The van der Waals surface area contributed by atoms with Gasteiger partial charge in [0.25, 0.3) is 0 Å². The molecule has 0 bridgehead atoms. The van der Waals surface area contributed by atoms with Crippen molar-refractivity contribution in [1.82, 2.24) is 4.90 Å². The van der Waals surface area contributed by atoms with Crippen LogP contribution in [0.4, 0.5) is 0 Å². The van der Waals surface area contributed by atoms with Crippen LogP contribution < -0.4 is 0 Å². The van der Waals surface area contributed by atoms with E-state index in [2.05, 4.69) is 32.6 Å². The summed E-state index contributed by atoms with van der Waals surface area (Å²) in [5.74, 6) is 2.35. The SMILES string of the molecule is CCCCCC(CCCCC)CCOC(=O)CCCCCCCCCC(CCCCCCCC(=O)OCCC(CCCCC)CCCCC)CN1CCCCC1. The predicted octanol–water partition coefficient (Wildman–Crippen LogP) is 15.8. The van der Waals surface area contributed by atoms with Crippen LogP contribution >= 0.6 is 0 Å². The lowest BCUT2D eigenvalue weighted by molar-refractivity contribution is -0.145. The molecule has 0 radical (unpaired) electrons. The third-order valence-electron chi connectivity index (χ3n) is 12.9. The molecule has 1 unspecified atom stereocenters. The Kier molecular flexibility index (Phi) is 38.4. The second kappa shape index (κ2) is 40.7. The molecule has 1 heterocycles. The Bertz CT molecular complexity index is 822. The van der Waals surface area contributed by atoms with Crippen molar-refractivity contribution in [3.63, 3.8) is 0 Å². The first-order chi connectivity index (χ1) is 27.5. The Morgan fingerprint density at radius 1 is 0.393 bits per heavy atom. The number of nitrogens with zero attached hydrogens (tertiary/aromatic N) is 1. The lowest BCUT2D eigenvalue weighted by atomic mass is 9.92. The van der Waals surface area contributed by atoms with Gasteiger partial charge in [-0.05, 0) is 82.2 Å². The van der Waals surface area contributed by atoms with Crippen LogP contribution in [0.25, 0.3) is 0 Å². The van der Waals surface area contributed by atoms with Gasteiger partial charge in [0.2, 0.25) is 0 Å². The summed E-state index contributed by atoms with van der Waals surface area (Å²) in [6.45, 7) is 14.3. The number of ether oxygens (including phenoxy) is 2. The molecule has 0 aromatic heterocycles. The smallest absolute Gasteiger partial charge is 0.305 e. The van der Waals surface area contributed by atoms with Crippen LogP contribution in [-0.2, 0) is 19.1 Å². The average Bonchev–Trinajstić information content (AvgIpc) is 3.20. The molecule has 0 amide bonds. The monoisotopic (exact) mass is 790 g/mol. The number of carbonyl (C=O) groups is 2. The zero-order chi connectivity index (χ0) is 40.6. The molecule has 332 valence electrons. The highest BCUT2D eigenvalue weighted by atomic mass is 16.5. The molecule has 5 heteroatoms. The maximum absolute atomic E-state index is 12.4. The summed E-state index contributed by atoms with van der Waals surface area (Å²) in [5.41, 5.74) is 0. The van der Waals surface area contributed by atoms with Gasteiger partial charge < -0.3 is 14.4 Å². The molecule has 0 aliphatic carbocycles. The van der Waals surface area contributed by atoms with Crippen molar-refractivity contribution < 1.29 is 19.1 Å². The Morgan fingerprint density at radius 3 is 1.09 bits per heavy atom. The van der Waals surface area contributed by atoms with E-state index in [1.54, 1.807) is 0 Å². The molecule has 0 aromatic rings. The molecular weight excluding hydrogens is 691 g/mol. The number of rotatable bonds is 42. The van der Waals surface area contributed by atoms with Gasteiger partial charge in [-0.1, -0.05) is 201 Å². The fourth-order valence-electron chi connectivity index (χ4n) is 9.07. The van der Waals surface area contributed by atoms with Crippen LogP contribution in [0.1, 0.15) is 265 Å². The number of esters is 2. The van der Waals surface area contributed by atoms with E-state index in [1.165, 1.54) is 206 Å². The van der Waals surface area contributed by atoms with Crippen molar-refractivity contribution in [1.29, 1.82) is 0 Å². The highest BCUT2D eigenvalue weighted by Gasteiger charge is 2.17. The van der Waals surface area contributed by atoms with Gasteiger partial charge in [0, 0.05) is 19.4 Å². The fourth-order valence-corrected chi connectivity index (χ4v) is 9.07. The van der Waals surface area contributed by atoms with Crippen LogP contribution in [0, 0.1) is 17.8 Å².